The van der Waals surface area contributed by atoms with Crippen molar-refractivity contribution in [2.75, 3.05) is 5.75 Å². The van der Waals surface area contributed by atoms with Gasteiger partial charge in [0.1, 0.15) is 5.44 Å². The van der Waals surface area contributed by atoms with E-state index in [-0.39, 0.29) is 5.44 Å². The van der Waals surface area contributed by atoms with E-state index in [0.717, 1.165) is 5.75 Å². The summed E-state index contributed by atoms with van der Waals surface area (Å²) < 4.78 is 0. The molecular formula is C15H30OS. The number of thioether (sulfide) groups is 1. The number of hydrogen-bond acceptors (Lipinski definition) is 2. The second-order valence-electron chi connectivity index (χ2n) is 4.68. The van der Waals surface area contributed by atoms with Crippen LogP contribution >= 0.6 is 11.8 Å². The van der Waals surface area contributed by atoms with E-state index in [4.69, 9.17) is 0 Å². The first-order chi connectivity index (χ1) is 8.31. The molecular weight excluding hydrogens is 228 g/mol. The molecule has 0 rings (SSSR count). The van der Waals surface area contributed by atoms with Crippen molar-refractivity contribution in [2.24, 2.45) is 0 Å². The van der Waals surface area contributed by atoms with Gasteiger partial charge in [0.25, 0.3) is 0 Å². The molecule has 1 nitrogen and oxygen atoms in total. The number of aliphatic hydroxyl groups is 1. The summed E-state index contributed by atoms with van der Waals surface area (Å²) in [6.45, 7) is 5.82. The molecule has 0 aromatic heterocycles. The van der Waals surface area contributed by atoms with Gasteiger partial charge in [0.05, 0.1) is 0 Å². The molecule has 0 bridgehead atoms. The summed E-state index contributed by atoms with van der Waals surface area (Å²) in [4.78, 5) is 0. The number of hydrogen-bond donors (Lipinski definition) is 1. The molecule has 17 heavy (non-hydrogen) atoms. The van der Waals surface area contributed by atoms with E-state index in [1.165, 1.54) is 64.2 Å². The van der Waals surface area contributed by atoms with Crippen molar-refractivity contribution in [2.45, 2.75) is 76.6 Å². The van der Waals surface area contributed by atoms with Gasteiger partial charge in [-0.1, -0.05) is 77.4 Å². The highest BCUT2D eigenvalue weighted by Gasteiger charge is 1.97. The highest BCUT2D eigenvalue weighted by atomic mass is 32.2. The highest BCUT2D eigenvalue weighted by Crippen LogP contribution is 2.14. The Morgan fingerprint density at radius 2 is 1.41 bits per heavy atom. The van der Waals surface area contributed by atoms with Gasteiger partial charge >= 0.3 is 0 Å². The van der Waals surface area contributed by atoms with Gasteiger partial charge in [-0.25, -0.2) is 0 Å². The molecule has 0 aliphatic heterocycles. The summed E-state index contributed by atoms with van der Waals surface area (Å²) in [5.74, 6) is 1.06. The van der Waals surface area contributed by atoms with Gasteiger partial charge in [-0.2, -0.15) is 0 Å². The quantitative estimate of drug-likeness (QED) is 0.280. The van der Waals surface area contributed by atoms with E-state index in [2.05, 4.69) is 13.5 Å². The third-order valence-corrected chi connectivity index (χ3v) is 4.05. The van der Waals surface area contributed by atoms with Crippen molar-refractivity contribution >= 4 is 11.8 Å². The number of aliphatic hydroxyl groups excluding tert-OH is 1. The van der Waals surface area contributed by atoms with Gasteiger partial charge in [-0.3, -0.25) is 0 Å². The van der Waals surface area contributed by atoms with Crippen LogP contribution in [0.4, 0.5) is 0 Å². The van der Waals surface area contributed by atoms with Crippen LogP contribution in [0.5, 0.6) is 0 Å². The van der Waals surface area contributed by atoms with Crippen LogP contribution in [0.3, 0.4) is 0 Å². The van der Waals surface area contributed by atoms with Crippen LogP contribution < -0.4 is 0 Å². The first-order valence-electron chi connectivity index (χ1n) is 7.23. The zero-order valence-electron chi connectivity index (χ0n) is 11.5. The van der Waals surface area contributed by atoms with Crippen molar-refractivity contribution in [3.8, 4) is 0 Å². The first-order valence-corrected chi connectivity index (χ1v) is 8.28. The Morgan fingerprint density at radius 3 is 1.88 bits per heavy atom. The molecule has 0 spiro atoms. The van der Waals surface area contributed by atoms with E-state index in [1.54, 1.807) is 17.8 Å². The van der Waals surface area contributed by atoms with Crippen LogP contribution in [0.25, 0.3) is 0 Å². The maximum Gasteiger partial charge on any atom is 0.118 e. The largest absolute Gasteiger partial charge is 0.379 e. The van der Waals surface area contributed by atoms with Crippen molar-refractivity contribution in [1.29, 1.82) is 0 Å². The molecule has 0 aromatic rings. The van der Waals surface area contributed by atoms with Crippen molar-refractivity contribution in [3.05, 3.63) is 12.7 Å². The fourth-order valence-corrected chi connectivity index (χ4v) is 2.61. The number of unbranched alkanes of at least 4 members (excludes halogenated alkanes) is 9. The Hall–Kier alpha value is 0.0500. The average Bonchev–Trinajstić information content (AvgIpc) is 2.35. The van der Waals surface area contributed by atoms with Gasteiger partial charge in [-0.05, 0) is 12.2 Å². The van der Waals surface area contributed by atoms with Crippen LogP contribution in [0.1, 0.15) is 71.1 Å². The monoisotopic (exact) mass is 258 g/mol. The van der Waals surface area contributed by atoms with Crippen LogP contribution in [-0.4, -0.2) is 16.3 Å². The van der Waals surface area contributed by atoms with E-state index >= 15 is 0 Å². The Kier molecular flexibility index (Phi) is 14.2. The first kappa shape index (κ1) is 17.1. The average molecular weight is 258 g/mol. The molecule has 0 radical (unpaired) electrons. The zero-order valence-corrected chi connectivity index (χ0v) is 12.3. The SMILES string of the molecule is C=CC(O)SCCCCCCCCCCCC. The Morgan fingerprint density at radius 1 is 0.941 bits per heavy atom. The van der Waals surface area contributed by atoms with Gasteiger partial charge in [0.2, 0.25) is 0 Å². The van der Waals surface area contributed by atoms with Crippen molar-refractivity contribution in [3.63, 3.8) is 0 Å². The lowest BCUT2D eigenvalue weighted by molar-refractivity contribution is 0.310. The van der Waals surface area contributed by atoms with Gasteiger partial charge in [-0.15, -0.1) is 11.8 Å². The molecule has 1 N–H and O–H groups in total. The van der Waals surface area contributed by atoms with Crippen LogP contribution in [0.15, 0.2) is 12.7 Å². The Labute approximate surface area is 112 Å². The Bertz CT molecular complexity index is 159. The maximum absolute atomic E-state index is 9.25. The lowest BCUT2D eigenvalue weighted by Crippen LogP contribution is -1.95. The van der Waals surface area contributed by atoms with Gasteiger partial charge in [0, 0.05) is 0 Å². The summed E-state index contributed by atoms with van der Waals surface area (Å²) in [5.41, 5.74) is -0.367. The van der Waals surface area contributed by atoms with Crippen molar-refractivity contribution < 1.29 is 5.11 Å². The minimum atomic E-state index is -0.367. The second kappa shape index (κ2) is 14.1. The lowest BCUT2D eigenvalue weighted by atomic mass is 10.1. The molecule has 0 saturated carbocycles. The fourth-order valence-electron chi connectivity index (χ4n) is 1.86. The third-order valence-electron chi connectivity index (χ3n) is 2.99. The Balaban J connectivity index is 2.96. The van der Waals surface area contributed by atoms with E-state index in [9.17, 15) is 5.11 Å². The molecule has 0 amide bonds. The standard InChI is InChI=1S/C15H30OS/c1-3-5-6-7-8-9-10-11-12-13-14-17-15(16)4-2/h4,15-16H,2-3,5-14H2,1H3. The molecule has 0 heterocycles. The fraction of sp³-hybridized carbons (Fsp3) is 0.867. The van der Waals surface area contributed by atoms with Gasteiger partial charge < -0.3 is 5.11 Å². The minimum Gasteiger partial charge on any atom is -0.379 e. The molecule has 0 fully saturated rings. The molecule has 0 aliphatic rings. The molecule has 0 saturated heterocycles. The van der Waals surface area contributed by atoms with Crippen LogP contribution in [-0.2, 0) is 0 Å². The molecule has 1 unspecified atom stereocenters. The topological polar surface area (TPSA) is 20.2 Å². The molecule has 2 heteroatoms. The predicted molar refractivity (Wildman–Crippen MR) is 80.5 cm³/mol. The predicted octanol–water partition coefficient (Wildman–Crippen LogP) is 5.14. The molecule has 102 valence electrons. The van der Waals surface area contributed by atoms with E-state index < -0.39 is 0 Å². The summed E-state index contributed by atoms with van der Waals surface area (Å²) >= 11 is 1.59. The van der Waals surface area contributed by atoms with Crippen molar-refractivity contribution in [1.82, 2.24) is 0 Å². The summed E-state index contributed by atoms with van der Waals surface area (Å²) in [7, 11) is 0. The van der Waals surface area contributed by atoms with Crippen LogP contribution in [0, 0.1) is 0 Å². The summed E-state index contributed by atoms with van der Waals surface area (Å²) in [6, 6.07) is 0. The lowest BCUT2D eigenvalue weighted by Gasteiger charge is -2.04. The smallest absolute Gasteiger partial charge is 0.118 e. The molecule has 0 aromatic carbocycles. The zero-order chi connectivity index (χ0) is 12.8. The second-order valence-corrected chi connectivity index (χ2v) is 5.90. The minimum absolute atomic E-state index is 0.367. The molecule has 0 aliphatic carbocycles. The van der Waals surface area contributed by atoms with E-state index in [0.29, 0.717) is 0 Å². The number of rotatable bonds is 13. The maximum atomic E-state index is 9.25. The van der Waals surface area contributed by atoms with Gasteiger partial charge in [0.15, 0.2) is 0 Å². The summed E-state index contributed by atoms with van der Waals surface area (Å²) in [6.07, 6.45) is 15.3. The third kappa shape index (κ3) is 14.0. The van der Waals surface area contributed by atoms with E-state index in [1.807, 2.05) is 0 Å². The van der Waals surface area contributed by atoms with Crippen LogP contribution in [0.2, 0.25) is 0 Å². The summed E-state index contributed by atoms with van der Waals surface area (Å²) in [5, 5.41) is 9.25. The normalized spacial score (nSPS) is 12.6. The molecule has 1 atom stereocenters. The highest BCUT2D eigenvalue weighted by molar-refractivity contribution is 7.99.